The largest absolute Gasteiger partial charge is 0.268 e. The number of hydrogen-bond acceptors (Lipinski definition) is 2. The number of nitrogens with zero attached hydrogens (tertiary/aromatic N) is 2. The van der Waals surface area contributed by atoms with Crippen LogP contribution in [0.25, 0.3) is 16.8 Å². The van der Waals surface area contributed by atoms with E-state index in [0.29, 0.717) is 5.65 Å². The van der Waals surface area contributed by atoms with Crippen LogP contribution in [0.1, 0.15) is 5.56 Å². The van der Waals surface area contributed by atoms with Gasteiger partial charge in [-0.05, 0) is 12.5 Å². The molecule has 0 spiro atoms. The maximum absolute atomic E-state index is 11.2. The number of hydrogen-bond donors (Lipinski definition) is 1. The zero-order valence-corrected chi connectivity index (χ0v) is 9.34. The van der Waals surface area contributed by atoms with Gasteiger partial charge in [-0.3, -0.25) is 9.89 Å². The van der Waals surface area contributed by atoms with Crippen molar-refractivity contribution in [3.8, 4) is 11.1 Å². The molecule has 0 amide bonds. The summed E-state index contributed by atoms with van der Waals surface area (Å²) in [6.07, 6.45) is 3.64. The first-order chi connectivity index (χ1) is 8.22. The van der Waals surface area contributed by atoms with Gasteiger partial charge in [0.05, 0.1) is 0 Å². The summed E-state index contributed by atoms with van der Waals surface area (Å²) < 4.78 is 1.64. The molecule has 0 fully saturated rings. The molecule has 2 aromatic heterocycles. The fraction of sp³-hybridized carbons (Fsp3) is 0.0769. The van der Waals surface area contributed by atoms with Gasteiger partial charge >= 0.3 is 0 Å². The highest BCUT2D eigenvalue weighted by Crippen LogP contribution is 2.18. The Morgan fingerprint density at radius 3 is 2.71 bits per heavy atom. The number of H-pyrrole nitrogens is 1. The predicted octanol–water partition coefficient (Wildman–Crippen LogP) is 2.00. The van der Waals surface area contributed by atoms with Gasteiger partial charge in [-0.2, -0.15) is 0 Å². The van der Waals surface area contributed by atoms with E-state index < -0.39 is 0 Å². The Morgan fingerprint density at radius 1 is 1.18 bits per heavy atom. The lowest BCUT2D eigenvalue weighted by atomic mass is 10.1. The van der Waals surface area contributed by atoms with Crippen molar-refractivity contribution in [2.24, 2.45) is 0 Å². The summed E-state index contributed by atoms with van der Waals surface area (Å²) in [5.41, 5.74) is 3.77. The second-order valence-electron chi connectivity index (χ2n) is 4.06. The summed E-state index contributed by atoms with van der Waals surface area (Å²) in [6, 6.07) is 9.66. The number of fused-ring (bicyclic) bond motifs is 1. The number of aromatic amines is 1. The molecule has 3 rings (SSSR count). The highest BCUT2D eigenvalue weighted by molar-refractivity contribution is 5.63. The van der Waals surface area contributed by atoms with Crippen LogP contribution in [-0.4, -0.2) is 14.6 Å². The highest BCUT2D eigenvalue weighted by atomic mass is 16.1. The van der Waals surface area contributed by atoms with Crippen molar-refractivity contribution < 1.29 is 0 Å². The molecular weight excluding hydrogens is 214 g/mol. The third-order valence-corrected chi connectivity index (χ3v) is 2.73. The van der Waals surface area contributed by atoms with Gasteiger partial charge in [-0.1, -0.05) is 29.8 Å². The van der Waals surface area contributed by atoms with E-state index in [1.807, 2.05) is 18.3 Å². The average Bonchev–Trinajstić information content (AvgIpc) is 2.69. The van der Waals surface area contributed by atoms with Gasteiger partial charge in [0.1, 0.15) is 0 Å². The first-order valence-corrected chi connectivity index (χ1v) is 5.37. The molecule has 84 valence electrons. The van der Waals surface area contributed by atoms with Crippen LogP contribution in [0.4, 0.5) is 0 Å². The molecule has 2 heterocycles. The first kappa shape index (κ1) is 9.84. The smallest absolute Gasteiger partial charge is 0.266 e. The number of benzene rings is 1. The van der Waals surface area contributed by atoms with E-state index in [1.165, 1.54) is 11.6 Å². The van der Waals surface area contributed by atoms with E-state index in [1.54, 1.807) is 10.7 Å². The maximum Gasteiger partial charge on any atom is 0.266 e. The zero-order chi connectivity index (χ0) is 11.8. The second-order valence-corrected chi connectivity index (χ2v) is 4.06. The molecule has 1 aromatic carbocycles. The van der Waals surface area contributed by atoms with Crippen molar-refractivity contribution in [3.05, 3.63) is 58.6 Å². The average molecular weight is 225 g/mol. The summed E-state index contributed by atoms with van der Waals surface area (Å²) in [5.74, 6) is 0. The summed E-state index contributed by atoms with van der Waals surface area (Å²) in [5, 5.41) is 2.68. The van der Waals surface area contributed by atoms with E-state index in [4.69, 9.17) is 0 Å². The highest BCUT2D eigenvalue weighted by Gasteiger charge is 2.01. The number of nitrogens with one attached hydrogen (secondary N) is 1. The Kier molecular flexibility index (Phi) is 2.08. The van der Waals surface area contributed by atoms with Gasteiger partial charge in [0.15, 0.2) is 5.65 Å². The van der Waals surface area contributed by atoms with E-state index in [2.05, 4.69) is 29.1 Å². The van der Waals surface area contributed by atoms with Crippen LogP contribution in [0.2, 0.25) is 0 Å². The minimum atomic E-state index is -0.140. The van der Waals surface area contributed by atoms with Crippen LogP contribution in [0, 0.1) is 6.92 Å². The molecule has 4 nitrogen and oxygen atoms in total. The molecule has 0 radical (unpaired) electrons. The van der Waals surface area contributed by atoms with E-state index >= 15 is 0 Å². The molecule has 0 aliphatic heterocycles. The third-order valence-electron chi connectivity index (χ3n) is 2.73. The van der Waals surface area contributed by atoms with Crippen LogP contribution in [0.5, 0.6) is 0 Å². The van der Waals surface area contributed by atoms with Crippen LogP contribution < -0.4 is 5.56 Å². The Balaban J connectivity index is 2.17. The van der Waals surface area contributed by atoms with Crippen molar-refractivity contribution in [2.45, 2.75) is 6.92 Å². The molecule has 0 saturated carbocycles. The van der Waals surface area contributed by atoms with Crippen LogP contribution >= 0.6 is 0 Å². The normalized spacial score (nSPS) is 10.9. The molecular formula is C13H11N3O. The Hall–Kier alpha value is -2.36. The Bertz CT molecular complexity index is 722. The van der Waals surface area contributed by atoms with Gasteiger partial charge in [-0.15, -0.1) is 0 Å². The van der Waals surface area contributed by atoms with E-state index in [0.717, 1.165) is 11.1 Å². The maximum atomic E-state index is 11.2. The number of aromatic nitrogens is 3. The lowest BCUT2D eigenvalue weighted by Gasteiger charge is -2.02. The SMILES string of the molecule is Cc1ccc(-c2cnc3cc(=O)[nH]n3c2)cc1. The summed E-state index contributed by atoms with van der Waals surface area (Å²) in [7, 11) is 0. The molecule has 3 aromatic rings. The third kappa shape index (κ3) is 1.73. The first-order valence-electron chi connectivity index (χ1n) is 5.37. The molecule has 0 bridgehead atoms. The van der Waals surface area contributed by atoms with E-state index in [9.17, 15) is 4.79 Å². The monoisotopic (exact) mass is 225 g/mol. The minimum absolute atomic E-state index is 0.140. The quantitative estimate of drug-likeness (QED) is 0.688. The molecule has 0 aliphatic carbocycles. The Morgan fingerprint density at radius 2 is 1.94 bits per heavy atom. The van der Waals surface area contributed by atoms with Gasteiger partial charge in [0.2, 0.25) is 0 Å². The number of aryl methyl sites for hydroxylation is 1. The van der Waals surface area contributed by atoms with Crippen molar-refractivity contribution in [2.75, 3.05) is 0 Å². The van der Waals surface area contributed by atoms with Crippen molar-refractivity contribution in [1.82, 2.24) is 14.6 Å². The molecule has 0 unspecified atom stereocenters. The fourth-order valence-electron chi connectivity index (χ4n) is 1.80. The minimum Gasteiger partial charge on any atom is -0.268 e. The molecule has 0 aliphatic rings. The molecule has 4 heteroatoms. The van der Waals surface area contributed by atoms with Crippen LogP contribution in [0.3, 0.4) is 0 Å². The molecule has 0 saturated heterocycles. The van der Waals surface area contributed by atoms with Crippen LogP contribution in [-0.2, 0) is 0 Å². The molecule has 0 atom stereocenters. The second kappa shape index (κ2) is 3.59. The summed E-state index contributed by atoms with van der Waals surface area (Å²) >= 11 is 0. The predicted molar refractivity (Wildman–Crippen MR) is 66.0 cm³/mol. The Labute approximate surface area is 97.5 Å². The van der Waals surface area contributed by atoms with Crippen molar-refractivity contribution >= 4 is 5.65 Å². The fourth-order valence-corrected chi connectivity index (χ4v) is 1.80. The number of rotatable bonds is 1. The standard InChI is InChI=1S/C13H11N3O/c1-9-2-4-10(5-3-9)11-7-14-12-6-13(17)15-16(12)8-11/h2-8H,1H3,(H,15,17). The van der Waals surface area contributed by atoms with Gasteiger partial charge in [0.25, 0.3) is 5.56 Å². The zero-order valence-electron chi connectivity index (χ0n) is 9.34. The lowest BCUT2D eigenvalue weighted by Crippen LogP contribution is -1.98. The molecule has 1 N–H and O–H groups in total. The lowest BCUT2D eigenvalue weighted by molar-refractivity contribution is 0.921. The summed E-state index contributed by atoms with van der Waals surface area (Å²) in [6.45, 7) is 2.05. The van der Waals surface area contributed by atoms with Gasteiger partial charge in [-0.25, -0.2) is 9.50 Å². The van der Waals surface area contributed by atoms with Gasteiger partial charge < -0.3 is 0 Å². The van der Waals surface area contributed by atoms with Crippen molar-refractivity contribution in [3.63, 3.8) is 0 Å². The topological polar surface area (TPSA) is 50.2 Å². The van der Waals surface area contributed by atoms with E-state index in [-0.39, 0.29) is 5.56 Å². The van der Waals surface area contributed by atoms with Crippen molar-refractivity contribution in [1.29, 1.82) is 0 Å². The summed E-state index contributed by atoms with van der Waals surface area (Å²) in [4.78, 5) is 15.4. The van der Waals surface area contributed by atoms with Gasteiger partial charge in [0, 0.05) is 24.0 Å². The molecule has 17 heavy (non-hydrogen) atoms. The van der Waals surface area contributed by atoms with Crippen LogP contribution in [0.15, 0.2) is 47.5 Å².